The third-order valence-corrected chi connectivity index (χ3v) is 12.9. The van der Waals surface area contributed by atoms with Crippen molar-refractivity contribution in [1.29, 1.82) is 0 Å². The third-order valence-electron chi connectivity index (χ3n) is 12.9. The van der Waals surface area contributed by atoms with Gasteiger partial charge in [0.05, 0.1) is 0 Å². The van der Waals surface area contributed by atoms with E-state index in [1.54, 1.807) is 0 Å². The average molecular weight is 1050 g/mol. The molecule has 0 saturated heterocycles. The van der Waals surface area contributed by atoms with E-state index in [1.807, 2.05) is 0 Å². The Morgan fingerprint density at radius 3 is 0.816 bits per heavy atom. The Bertz CT molecular complexity index is 1630. The molecule has 1 atom stereocenters. The van der Waals surface area contributed by atoms with Crippen LogP contribution in [0.3, 0.4) is 0 Å². The summed E-state index contributed by atoms with van der Waals surface area (Å²) in [6.45, 7) is 6.33. The van der Waals surface area contributed by atoms with E-state index in [-0.39, 0.29) is 31.1 Å². The lowest BCUT2D eigenvalue weighted by atomic mass is 10.0. The third kappa shape index (κ3) is 60.4. The molecule has 0 bridgehead atoms. The van der Waals surface area contributed by atoms with Gasteiger partial charge in [0, 0.05) is 19.3 Å². The summed E-state index contributed by atoms with van der Waals surface area (Å²) >= 11 is 0. The van der Waals surface area contributed by atoms with Crippen LogP contribution < -0.4 is 0 Å². The highest BCUT2D eigenvalue weighted by Gasteiger charge is 2.19. The van der Waals surface area contributed by atoms with Crippen LogP contribution in [0.15, 0.2) is 134 Å². The highest BCUT2D eigenvalue weighted by Crippen LogP contribution is 2.15. The quantitative estimate of drug-likeness (QED) is 0.0261. The number of hydrogen-bond donors (Lipinski definition) is 0. The van der Waals surface area contributed by atoms with Crippen LogP contribution >= 0.6 is 0 Å². The van der Waals surface area contributed by atoms with Crippen molar-refractivity contribution in [2.45, 2.75) is 277 Å². The fraction of sp³-hybridized carbons (Fsp3) is 0.643. The van der Waals surface area contributed by atoms with Crippen molar-refractivity contribution in [3.63, 3.8) is 0 Å². The molecule has 0 amide bonds. The monoisotopic (exact) mass is 1050 g/mol. The van der Waals surface area contributed by atoms with Crippen molar-refractivity contribution >= 4 is 17.9 Å². The second-order valence-electron chi connectivity index (χ2n) is 20.2. The molecule has 0 spiro atoms. The normalized spacial score (nSPS) is 13.0. The smallest absolute Gasteiger partial charge is 0.306 e. The average Bonchev–Trinajstić information content (AvgIpc) is 3.42. The van der Waals surface area contributed by atoms with Gasteiger partial charge in [0.1, 0.15) is 13.2 Å². The Hall–Kier alpha value is -4.45. The number of carbonyl (C=O) groups excluding carboxylic acids is 3. The lowest BCUT2D eigenvalue weighted by Crippen LogP contribution is -2.30. The minimum atomic E-state index is -0.798. The predicted octanol–water partition coefficient (Wildman–Crippen LogP) is 21.4. The molecule has 0 fully saturated rings. The Kier molecular flexibility index (Phi) is 59.4. The van der Waals surface area contributed by atoms with E-state index in [0.717, 1.165) is 161 Å². The Morgan fingerprint density at radius 1 is 0.276 bits per heavy atom. The highest BCUT2D eigenvalue weighted by atomic mass is 16.6. The second kappa shape index (κ2) is 63.1. The second-order valence-corrected chi connectivity index (χ2v) is 20.2. The van der Waals surface area contributed by atoms with Crippen molar-refractivity contribution in [3.05, 3.63) is 134 Å². The maximum absolute atomic E-state index is 12.9. The fourth-order valence-corrected chi connectivity index (χ4v) is 8.26. The molecule has 76 heavy (non-hydrogen) atoms. The summed E-state index contributed by atoms with van der Waals surface area (Å²) in [5.41, 5.74) is 0. The maximum atomic E-state index is 12.9. The summed E-state index contributed by atoms with van der Waals surface area (Å²) in [6, 6.07) is 0. The van der Waals surface area contributed by atoms with Crippen molar-refractivity contribution < 1.29 is 28.6 Å². The van der Waals surface area contributed by atoms with Crippen LogP contribution in [-0.4, -0.2) is 37.2 Å². The van der Waals surface area contributed by atoms with Crippen LogP contribution in [-0.2, 0) is 28.6 Å². The van der Waals surface area contributed by atoms with Crippen molar-refractivity contribution in [2.75, 3.05) is 13.2 Å². The Morgan fingerprint density at radius 2 is 0.513 bits per heavy atom. The number of unbranched alkanes of at least 4 members (excludes halogenated alkanes) is 22. The first-order valence-corrected chi connectivity index (χ1v) is 31.2. The lowest BCUT2D eigenvalue weighted by molar-refractivity contribution is -0.167. The van der Waals surface area contributed by atoms with Crippen molar-refractivity contribution in [1.82, 2.24) is 0 Å². The molecule has 0 aliphatic rings. The van der Waals surface area contributed by atoms with Gasteiger partial charge >= 0.3 is 17.9 Å². The number of rotatable bonds is 55. The molecule has 430 valence electrons. The summed E-state index contributed by atoms with van der Waals surface area (Å²) in [5.74, 6) is -0.927. The van der Waals surface area contributed by atoms with Crippen LogP contribution in [0.25, 0.3) is 0 Å². The van der Waals surface area contributed by atoms with E-state index in [0.29, 0.717) is 19.3 Å². The van der Waals surface area contributed by atoms with Gasteiger partial charge in [0.15, 0.2) is 6.10 Å². The van der Waals surface area contributed by atoms with E-state index in [2.05, 4.69) is 154 Å². The van der Waals surface area contributed by atoms with E-state index in [4.69, 9.17) is 14.2 Å². The molecule has 0 N–H and O–H groups in total. The van der Waals surface area contributed by atoms with Gasteiger partial charge in [-0.05, 0) is 128 Å². The number of ether oxygens (including phenoxy) is 3. The van der Waals surface area contributed by atoms with Crippen molar-refractivity contribution in [3.8, 4) is 0 Å². The van der Waals surface area contributed by atoms with Gasteiger partial charge in [-0.1, -0.05) is 257 Å². The molecule has 0 heterocycles. The van der Waals surface area contributed by atoms with Gasteiger partial charge in [0.25, 0.3) is 0 Å². The summed E-state index contributed by atoms with van der Waals surface area (Å²) in [5, 5.41) is 0. The van der Waals surface area contributed by atoms with Gasteiger partial charge in [-0.15, -0.1) is 0 Å². The molecule has 0 rings (SSSR count). The molecule has 0 aliphatic carbocycles. The summed E-state index contributed by atoms with van der Waals surface area (Å²) < 4.78 is 16.9. The first-order valence-electron chi connectivity index (χ1n) is 31.2. The van der Waals surface area contributed by atoms with Gasteiger partial charge < -0.3 is 14.2 Å². The van der Waals surface area contributed by atoms with Gasteiger partial charge in [-0.25, -0.2) is 0 Å². The first kappa shape index (κ1) is 71.5. The van der Waals surface area contributed by atoms with E-state index in [1.165, 1.54) is 70.6 Å². The molecule has 0 saturated carbocycles. The number of hydrogen-bond acceptors (Lipinski definition) is 6. The molecule has 0 aromatic heterocycles. The zero-order valence-electron chi connectivity index (χ0n) is 49.2. The van der Waals surface area contributed by atoms with E-state index in [9.17, 15) is 14.4 Å². The first-order chi connectivity index (χ1) is 37.5. The lowest BCUT2D eigenvalue weighted by Gasteiger charge is -2.18. The summed E-state index contributed by atoms with van der Waals surface area (Å²) in [4.78, 5) is 38.2. The van der Waals surface area contributed by atoms with E-state index < -0.39 is 6.10 Å². The predicted molar refractivity (Wildman–Crippen MR) is 329 cm³/mol. The molecular formula is C70H114O6. The number of allylic oxidation sites excluding steroid dienone is 22. The zero-order chi connectivity index (χ0) is 55.0. The highest BCUT2D eigenvalue weighted by molar-refractivity contribution is 5.71. The number of esters is 3. The Balaban J connectivity index is 4.31. The minimum Gasteiger partial charge on any atom is -0.462 e. The Labute approximate surface area is 468 Å². The molecule has 0 aliphatic heterocycles. The molecular weight excluding hydrogens is 937 g/mol. The molecule has 0 aromatic rings. The standard InChI is InChI=1S/C70H114O6/c1-4-7-10-13-16-19-22-24-26-28-30-32-33-34-35-36-37-39-40-42-44-46-48-51-54-57-60-63-69(72)75-66-67(65-74-68(71)62-59-56-53-50-21-18-15-12-9-6-3)76-70(73)64-61-58-55-52-49-47-45-43-41-38-31-29-27-25-23-20-17-14-11-8-5-2/h7-8,10-12,15-17,19-20,24-27,30-32,34-35,38,43,45,67H,4-6,9,13-14,18,21-23,28-29,33,36-37,39-42,44,46-66H2,1-3H3/b10-7-,11-8-,15-12-,19-16-,20-17-,26-24-,27-25-,32-30-,35-34-,38-31-,45-43-. The van der Waals surface area contributed by atoms with Crippen LogP contribution in [0.4, 0.5) is 0 Å². The molecule has 6 nitrogen and oxygen atoms in total. The maximum Gasteiger partial charge on any atom is 0.306 e. The summed E-state index contributed by atoms with van der Waals surface area (Å²) in [6.07, 6.45) is 88.9. The number of carbonyl (C=O) groups is 3. The molecule has 6 heteroatoms. The topological polar surface area (TPSA) is 78.9 Å². The van der Waals surface area contributed by atoms with Crippen LogP contribution in [0.2, 0.25) is 0 Å². The molecule has 0 radical (unpaired) electrons. The van der Waals surface area contributed by atoms with Crippen molar-refractivity contribution in [2.24, 2.45) is 0 Å². The largest absolute Gasteiger partial charge is 0.462 e. The van der Waals surface area contributed by atoms with Crippen LogP contribution in [0.1, 0.15) is 271 Å². The van der Waals surface area contributed by atoms with E-state index >= 15 is 0 Å². The van der Waals surface area contributed by atoms with Gasteiger partial charge in [-0.3, -0.25) is 14.4 Å². The zero-order valence-corrected chi connectivity index (χ0v) is 49.2. The minimum absolute atomic E-state index is 0.0935. The van der Waals surface area contributed by atoms with Crippen LogP contribution in [0, 0.1) is 0 Å². The summed E-state index contributed by atoms with van der Waals surface area (Å²) in [7, 11) is 0. The van der Waals surface area contributed by atoms with Gasteiger partial charge in [-0.2, -0.15) is 0 Å². The molecule has 1 unspecified atom stereocenters. The fourth-order valence-electron chi connectivity index (χ4n) is 8.26. The van der Waals surface area contributed by atoms with Gasteiger partial charge in [0.2, 0.25) is 0 Å². The SMILES string of the molecule is CC/C=C\C/C=C\C/C=C\C/C=C\C/C=C\CCCCCCCCCCCCCC(=O)OCC(COC(=O)CCCCCCC/C=C\CCC)OC(=O)CCCCCCC/C=C\C/C=C\C/C=C\C/C=C\C/C=C\CC. The molecule has 0 aromatic carbocycles. The van der Waals surface area contributed by atoms with Crippen LogP contribution in [0.5, 0.6) is 0 Å².